The van der Waals surface area contributed by atoms with E-state index < -0.39 is 0 Å². The lowest BCUT2D eigenvalue weighted by Crippen LogP contribution is -2.11. The molecule has 1 atom stereocenters. The van der Waals surface area contributed by atoms with Gasteiger partial charge in [-0.15, -0.1) is 0 Å². The van der Waals surface area contributed by atoms with Crippen molar-refractivity contribution in [3.8, 4) is 5.75 Å². The smallest absolute Gasteiger partial charge is 0.224 e. The molecule has 5 heteroatoms. The summed E-state index contributed by atoms with van der Waals surface area (Å²) in [5, 5.41) is 13.1. The number of amides is 1. The van der Waals surface area contributed by atoms with E-state index in [2.05, 4.69) is 5.32 Å². The normalized spacial score (nSPS) is 18.4. The van der Waals surface area contributed by atoms with Crippen LogP contribution in [-0.2, 0) is 4.79 Å². The number of benzene rings is 1. The number of carbonyl (C=O) groups excluding carboxylic acids is 1. The Hall–Kier alpha value is -0.810. The summed E-state index contributed by atoms with van der Waals surface area (Å²) in [6, 6.07) is 6.82. The first kappa shape index (κ1) is 14.6. The molecule has 0 spiro atoms. The second kappa shape index (κ2) is 7.70. The molecule has 3 nitrogen and oxygen atoms in total. The lowest BCUT2D eigenvalue weighted by Gasteiger charge is -2.08. The maximum atomic E-state index is 11.7. The number of hydrogen-bond acceptors (Lipinski definition) is 4. The first-order chi connectivity index (χ1) is 9.25. The third-order valence-corrected chi connectivity index (χ3v) is 6.09. The van der Waals surface area contributed by atoms with E-state index in [1.807, 2.05) is 21.6 Å². The molecule has 1 aliphatic heterocycles. The molecule has 2 rings (SSSR count). The SMILES string of the molecule is O=C(CCCC[C@H]1CCSS1)Nc1ccccc1O. The molecule has 0 radical (unpaired) electrons. The molecule has 0 aromatic heterocycles. The highest BCUT2D eigenvalue weighted by molar-refractivity contribution is 8.77. The first-order valence-electron chi connectivity index (χ1n) is 6.62. The van der Waals surface area contributed by atoms with Crippen molar-refractivity contribution in [2.45, 2.75) is 37.4 Å². The molecule has 19 heavy (non-hydrogen) atoms. The zero-order chi connectivity index (χ0) is 13.5. The minimum atomic E-state index is -0.0186. The maximum absolute atomic E-state index is 11.7. The Morgan fingerprint density at radius 1 is 1.37 bits per heavy atom. The number of nitrogens with one attached hydrogen (secondary N) is 1. The van der Waals surface area contributed by atoms with E-state index >= 15 is 0 Å². The molecule has 1 aromatic rings. The summed E-state index contributed by atoms with van der Waals surface area (Å²) in [5.74, 6) is 1.37. The van der Waals surface area contributed by atoms with Crippen LogP contribution < -0.4 is 5.32 Å². The summed E-state index contributed by atoms with van der Waals surface area (Å²) in [5.41, 5.74) is 0.496. The van der Waals surface area contributed by atoms with E-state index in [0.29, 0.717) is 12.1 Å². The summed E-state index contributed by atoms with van der Waals surface area (Å²) in [4.78, 5) is 11.7. The zero-order valence-electron chi connectivity index (χ0n) is 10.8. The molecule has 1 heterocycles. The Morgan fingerprint density at radius 2 is 2.21 bits per heavy atom. The molecule has 2 N–H and O–H groups in total. The Kier molecular flexibility index (Phi) is 5.92. The summed E-state index contributed by atoms with van der Waals surface area (Å²) in [6.07, 6.45) is 5.06. The molecule has 1 fully saturated rings. The standard InChI is InChI=1S/C14H19NO2S2/c16-13-7-3-2-6-12(13)15-14(17)8-4-1-5-11-9-10-18-19-11/h2-3,6-7,11,16H,1,4-5,8-10H2,(H,15,17)/t11-/m0/s1. The number of anilines is 1. The van der Waals surface area contributed by atoms with Crippen LogP contribution in [0.5, 0.6) is 5.75 Å². The molecule has 1 aliphatic rings. The highest BCUT2D eigenvalue weighted by Crippen LogP contribution is 2.39. The predicted octanol–water partition coefficient (Wildman–Crippen LogP) is 4.04. The van der Waals surface area contributed by atoms with E-state index in [0.717, 1.165) is 18.1 Å². The van der Waals surface area contributed by atoms with Gasteiger partial charge in [-0.25, -0.2) is 0 Å². The fourth-order valence-corrected chi connectivity index (χ4v) is 5.04. The minimum absolute atomic E-state index is 0.0186. The Balaban J connectivity index is 1.63. The van der Waals surface area contributed by atoms with E-state index in [1.165, 1.54) is 18.6 Å². The first-order valence-corrected chi connectivity index (χ1v) is 9.00. The van der Waals surface area contributed by atoms with Crippen molar-refractivity contribution in [3.05, 3.63) is 24.3 Å². The van der Waals surface area contributed by atoms with Crippen molar-refractivity contribution in [1.82, 2.24) is 0 Å². The lowest BCUT2D eigenvalue weighted by atomic mass is 10.1. The van der Waals surface area contributed by atoms with E-state index in [-0.39, 0.29) is 11.7 Å². The van der Waals surface area contributed by atoms with Crippen LogP contribution in [0, 0.1) is 0 Å². The maximum Gasteiger partial charge on any atom is 0.224 e. The fraction of sp³-hybridized carbons (Fsp3) is 0.500. The second-order valence-corrected chi connectivity index (χ2v) is 7.43. The van der Waals surface area contributed by atoms with Gasteiger partial charge in [0.2, 0.25) is 5.91 Å². The Bertz CT molecular complexity index is 420. The van der Waals surface area contributed by atoms with Crippen LogP contribution in [0.4, 0.5) is 5.69 Å². The zero-order valence-corrected chi connectivity index (χ0v) is 12.4. The average Bonchev–Trinajstić information content (AvgIpc) is 2.91. The molecule has 1 saturated heterocycles. The van der Waals surface area contributed by atoms with Crippen LogP contribution in [0.15, 0.2) is 24.3 Å². The van der Waals surface area contributed by atoms with Crippen LogP contribution in [0.1, 0.15) is 32.1 Å². The topological polar surface area (TPSA) is 49.3 Å². The van der Waals surface area contributed by atoms with Crippen LogP contribution in [0.3, 0.4) is 0 Å². The quantitative estimate of drug-likeness (QED) is 0.472. The third-order valence-electron chi connectivity index (χ3n) is 3.09. The van der Waals surface area contributed by atoms with Crippen molar-refractivity contribution < 1.29 is 9.90 Å². The number of phenolic OH excluding ortho intramolecular Hbond substituents is 1. The van der Waals surface area contributed by atoms with Gasteiger partial charge in [-0.1, -0.05) is 40.1 Å². The van der Waals surface area contributed by atoms with Gasteiger partial charge < -0.3 is 10.4 Å². The highest BCUT2D eigenvalue weighted by atomic mass is 33.1. The van der Waals surface area contributed by atoms with Crippen molar-refractivity contribution in [3.63, 3.8) is 0 Å². The average molecular weight is 297 g/mol. The van der Waals surface area contributed by atoms with Gasteiger partial charge in [-0.2, -0.15) is 0 Å². The lowest BCUT2D eigenvalue weighted by molar-refractivity contribution is -0.116. The molecular weight excluding hydrogens is 278 g/mol. The van der Waals surface area contributed by atoms with Crippen molar-refractivity contribution in [2.24, 2.45) is 0 Å². The third kappa shape index (κ3) is 4.99. The van der Waals surface area contributed by atoms with E-state index in [4.69, 9.17) is 0 Å². The molecule has 104 valence electrons. The van der Waals surface area contributed by atoms with Gasteiger partial charge in [0.15, 0.2) is 0 Å². The van der Waals surface area contributed by atoms with Gasteiger partial charge >= 0.3 is 0 Å². The Labute approximate surface area is 121 Å². The largest absolute Gasteiger partial charge is 0.506 e. The number of para-hydroxylation sites is 2. The van der Waals surface area contributed by atoms with Gasteiger partial charge in [0.25, 0.3) is 0 Å². The summed E-state index contributed by atoms with van der Waals surface area (Å²) in [7, 11) is 3.95. The van der Waals surface area contributed by atoms with Gasteiger partial charge in [-0.3, -0.25) is 4.79 Å². The van der Waals surface area contributed by atoms with E-state index in [1.54, 1.807) is 24.3 Å². The molecule has 0 aliphatic carbocycles. The molecule has 1 amide bonds. The van der Waals surface area contributed by atoms with Gasteiger partial charge in [0.1, 0.15) is 5.75 Å². The Morgan fingerprint density at radius 3 is 2.95 bits per heavy atom. The number of phenols is 1. The van der Waals surface area contributed by atoms with Gasteiger partial charge in [0, 0.05) is 17.4 Å². The number of rotatable bonds is 6. The van der Waals surface area contributed by atoms with Crippen molar-refractivity contribution in [1.29, 1.82) is 0 Å². The van der Waals surface area contributed by atoms with Crippen LogP contribution in [0.25, 0.3) is 0 Å². The summed E-state index contributed by atoms with van der Waals surface area (Å²) < 4.78 is 0. The predicted molar refractivity (Wildman–Crippen MR) is 83.7 cm³/mol. The van der Waals surface area contributed by atoms with Crippen molar-refractivity contribution >= 4 is 33.2 Å². The van der Waals surface area contributed by atoms with E-state index in [9.17, 15) is 9.90 Å². The molecule has 0 unspecified atom stereocenters. The number of unbranched alkanes of at least 4 members (excludes halogenated alkanes) is 1. The van der Waals surface area contributed by atoms with Gasteiger partial charge in [-0.05, 0) is 31.4 Å². The number of hydrogen-bond donors (Lipinski definition) is 2. The van der Waals surface area contributed by atoms with Crippen LogP contribution >= 0.6 is 21.6 Å². The number of carbonyl (C=O) groups is 1. The highest BCUT2D eigenvalue weighted by Gasteiger charge is 2.15. The van der Waals surface area contributed by atoms with Crippen molar-refractivity contribution in [2.75, 3.05) is 11.1 Å². The minimum Gasteiger partial charge on any atom is -0.506 e. The van der Waals surface area contributed by atoms with Crippen LogP contribution in [0.2, 0.25) is 0 Å². The summed E-state index contributed by atoms with van der Waals surface area (Å²) in [6.45, 7) is 0. The number of aromatic hydroxyl groups is 1. The second-order valence-electron chi connectivity index (χ2n) is 4.64. The van der Waals surface area contributed by atoms with Crippen LogP contribution in [-0.4, -0.2) is 22.0 Å². The molecule has 0 saturated carbocycles. The monoisotopic (exact) mass is 297 g/mol. The summed E-state index contributed by atoms with van der Waals surface area (Å²) >= 11 is 0. The fourth-order valence-electron chi connectivity index (χ4n) is 2.01. The molecule has 0 bridgehead atoms. The van der Waals surface area contributed by atoms with Gasteiger partial charge in [0.05, 0.1) is 5.69 Å². The molecule has 1 aromatic carbocycles. The molecular formula is C14H19NO2S2.